The lowest BCUT2D eigenvalue weighted by atomic mass is 9.95. The van der Waals surface area contributed by atoms with Crippen molar-refractivity contribution < 1.29 is 14.3 Å². The lowest BCUT2D eigenvalue weighted by molar-refractivity contribution is -0.132. The Morgan fingerprint density at radius 1 is 1.28 bits per heavy atom. The number of hydrogen-bond donors (Lipinski definition) is 0. The first-order valence-corrected chi connectivity index (χ1v) is 12.6. The lowest BCUT2D eigenvalue weighted by Gasteiger charge is -2.30. The molecule has 2 aromatic heterocycles. The van der Waals surface area contributed by atoms with Gasteiger partial charge in [0.1, 0.15) is 9.86 Å². The number of nitrogens with zero attached hydrogens (tertiary/aromatic N) is 3. The molecule has 0 unspecified atom stereocenters. The fraction of sp³-hybridized carbons (Fsp3) is 0.650. The van der Waals surface area contributed by atoms with Gasteiger partial charge in [-0.2, -0.15) is 0 Å². The van der Waals surface area contributed by atoms with Gasteiger partial charge in [-0.3, -0.25) is 4.79 Å². The zero-order valence-electron chi connectivity index (χ0n) is 17.3. The Kier molecular flexibility index (Phi) is 6.41. The number of ether oxygens (including phenoxy) is 2. The minimum Gasteiger partial charge on any atom is -0.378 e. The van der Waals surface area contributed by atoms with Crippen molar-refractivity contribution in [2.45, 2.75) is 61.8 Å². The third-order valence-electron chi connectivity index (χ3n) is 4.91. The number of aromatic nitrogens is 2. The van der Waals surface area contributed by atoms with Crippen LogP contribution in [0.25, 0.3) is 10.2 Å². The largest absolute Gasteiger partial charge is 0.378 e. The molecule has 2 aliphatic rings. The summed E-state index contributed by atoms with van der Waals surface area (Å²) in [5.74, 6) is 0.540. The van der Waals surface area contributed by atoms with Crippen molar-refractivity contribution in [1.29, 1.82) is 0 Å². The maximum atomic E-state index is 12.7. The second kappa shape index (κ2) is 8.70. The molecule has 0 spiro atoms. The minimum atomic E-state index is -0.197. The smallest absolute Gasteiger partial charge is 0.233 e. The van der Waals surface area contributed by atoms with Crippen LogP contribution < -0.4 is 0 Å². The van der Waals surface area contributed by atoms with Crippen LogP contribution in [0.3, 0.4) is 0 Å². The molecule has 9 heteroatoms. The highest BCUT2D eigenvalue weighted by Gasteiger charge is 2.31. The molecular formula is C20H27N3O3S3. The van der Waals surface area contributed by atoms with Crippen molar-refractivity contribution in [1.82, 2.24) is 14.9 Å². The Hall–Kier alpha value is -0.870. The van der Waals surface area contributed by atoms with E-state index in [-0.39, 0.29) is 11.5 Å². The number of morpholine rings is 1. The SMILES string of the molecule is CC(C)Sc1nc(SCC(=O)N2CCOCC2)c2c3c(sc2n1)COC(C)(C)C3. The van der Waals surface area contributed by atoms with Crippen LogP contribution in [0.2, 0.25) is 0 Å². The minimum absolute atomic E-state index is 0.149. The van der Waals surface area contributed by atoms with Crippen molar-refractivity contribution in [3.63, 3.8) is 0 Å². The average molecular weight is 454 g/mol. The summed E-state index contributed by atoms with van der Waals surface area (Å²) in [6.45, 7) is 11.7. The summed E-state index contributed by atoms with van der Waals surface area (Å²) in [5.41, 5.74) is 1.10. The Morgan fingerprint density at radius 3 is 2.76 bits per heavy atom. The number of thiophene rings is 1. The highest BCUT2D eigenvalue weighted by molar-refractivity contribution is 8.00. The van der Waals surface area contributed by atoms with Gasteiger partial charge in [-0.05, 0) is 19.4 Å². The Bertz CT molecular complexity index is 907. The van der Waals surface area contributed by atoms with Crippen LogP contribution in [0.15, 0.2) is 10.2 Å². The molecule has 0 aromatic carbocycles. The van der Waals surface area contributed by atoms with Crippen LogP contribution in [0.5, 0.6) is 0 Å². The van der Waals surface area contributed by atoms with Gasteiger partial charge in [-0.15, -0.1) is 11.3 Å². The predicted molar refractivity (Wildman–Crippen MR) is 119 cm³/mol. The summed E-state index contributed by atoms with van der Waals surface area (Å²) in [4.78, 5) is 26.5. The molecule has 0 aliphatic carbocycles. The molecule has 29 heavy (non-hydrogen) atoms. The van der Waals surface area contributed by atoms with E-state index >= 15 is 0 Å². The van der Waals surface area contributed by atoms with E-state index in [1.807, 2.05) is 4.90 Å². The van der Waals surface area contributed by atoms with Crippen molar-refractivity contribution in [3.05, 3.63) is 10.4 Å². The van der Waals surface area contributed by atoms with Crippen LogP contribution in [-0.2, 0) is 27.3 Å². The van der Waals surface area contributed by atoms with Gasteiger partial charge in [0.05, 0.1) is 31.2 Å². The predicted octanol–water partition coefficient (Wildman–Crippen LogP) is 3.99. The number of thioether (sulfide) groups is 2. The van der Waals surface area contributed by atoms with Gasteiger partial charge >= 0.3 is 0 Å². The highest BCUT2D eigenvalue weighted by Crippen LogP contribution is 2.42. The van der Waals surface area contributed by atoms with Crippen LogP contribution in [0.1, 0.15) is 38.1 Å². The molecule has 4 heterocycles. The van der Waals surface area contributed by atoms with E-state index in [0.29, 0.717) is 43.9 Å². The summed E-state index contributed by atoms with van der Waals surface area (Å²) in [7, 11) is 0. The van der Waals surface area contributed by atoms with Gasteiger partial charge < -0.3 is 14.4 Å². The zero-order valence-corrected chi connectivity index (χ0v) is 19.8. The number of carbonyl (C=O) groups is 1. The molecule has 0 bridgehead atoms. The summed E-state index contributed by atoms with van der Waals surface area (Å²) in [6.07, 6.45) is 0.841. The van der Waals surface area contributed by atoms with Crippen molar-refractivity contribution in [2.24, 2.45) is 0 Å². The second-order valence-corrected chi connectivity index (χ2v) is 11.8. The molecule has 6 nitrogen and oxygen atoms in total. The van der Waals surface area contributed by atoms with Gasteiger partial charge in [-0.25, -0.2) is 9.97 Å². The van der Waals surface area contributed by atoms with Gasteiger partial charge in [0.25, 0.3) is 0 Å². The van der Waals surface area contributed by atoms with E-state index < -0.39 is 0 Å². The molecular weight excluding hydrogens is 426 g/mol. The molecule has 1 saturated heterocycles. The Morgan fingerprint density at radius 2 is 2.03 bits per heavy atom. The number of amides is 1. The maximum Gasteiger partial charge on any atom is 0.233 e. The molecule has 1 amide bonds. The normalized spacial score (nSPS) is 19.0. The molecule has 158 valence electrons. The number of fused-ring (bicyclic) bond motifs is 3. The second-order valence-electron chi connectivity index (χ2n) is 8.17. The van der Waals surface area contributed by atoms with Crippen LogP contribution in [0.4, 0.5) is 0 Å². The molecule has 0 radical (unpaired) electrons. The quantitative estimate of drug-likeness (QED) is 0.385. The summed E-state index contributed by atoms with van der Waals surface area (Å²) < 4.78 is 11.4. The first kappa shape index (κ1) is 21.4. The Labute approximate surface area is 184 Å². The molecule has 2 aliphatic heterocycles. The summed E-state index contributed by atoms with van der Waals surface area (Å²) in [6, 6.07) is 0. The first-order chi connectivity index (χ1) is 13.8. The van der Waals surface area contributed by atoms with Crippen LogP contribution in [-0.4, -0.2) is 63.7 Å². The molecule has 0 N–H and O–H groups in total. The standard InChI is InChI=1S/C20H27N3O3S3/c1-12(2)28-19-21-17(27-11-15(24)23-5-7-25-8-6-23)16-13-9-20(3,4)26-10-14(13)29-18(16)22-19/h12H,5-11H2,1-4H3. The lowest BCUT2D eigenvalue weighted by Crippen LogP contribution is -2.41. The molecule has 4 rings (SSSR count). The molecule has 1 fully saturated rings. The number of hydrogen-bond acceptors (Lipinski definition) is 8. The average Bonchev–Trinajstić information content (AvgIpc) is 3.02. The van der Waals surface area contributed by atoms with Crippen LogP contribution in [0, 0.1) is 0 Å². The van der Waals surface area contributed by atoms with Gasteiger partial charge in [-0.1, -0.05) is 37.4 Å². The molecule has 2 aromatic rings. The van der Waals surface area contributed by atoms with Crippen molar-refractivity contribution >= 4 is 51.0 Å². The van der Waals surface area contributed by atoms with Crippen molar-refractivity contribution in [3.8, 4) is 0 Å². The van der Waals surface area contributed by atoms with Gasteiger partial charge in [0.15, 0.2) is 5.16 Å². The first-order valence-electron chi connectivity index (χ1n) is 9.93. The maximum absolute atomic E-state index is 12.7. The topological polar surface area (TPSA) is 64.6 Å². The number of carbonyl (C=O) groups excluding carboxylic acids is 1. The third kappa shape index (κ3) is 4.90. The summed E-state index contributed by atoms with van der Waals surface area (Å²) >= 11 is 4.91. The fourth-order valence-electron chi connectivity index (χ4n) is 3.50. The van der Waals surface area contributed by atoms with E-state index in [2.05, 4.69) is 27.7 Å². The van der Waals surface area contributed by atoms with Crippen molar-refractivity contribution in [2.75, 3.05) is 32.1 Å². The Balaban J connectivity index is 1.66. The molecule has 0 atom stereocenters. The van der Waals surface area contributed by atoms with Gasteiger partial charge in [0.2, 0.25) is 5.91 Å². The summed E-state index contributed by atoms with van der Waals surface area (Å²) in [5, 5.41) is 3.23. The third-order valence-corrected chi connectivity index (χ3v) is 7.84. The molecule has 0 saturated carbocycles. The zero-order chi connectivity index (χ0) is 20.6. The van der Waals surface area contributed by atoms with E-state index in [1.54, 1.807) is 23.1 Å². The van der Waals surface area contributed by atoms with E-state index in [4.69, 9.17) is 19.4 Å². The fourth-order valence-corrected chi connectivity index (χ4v) is 6.45. The van der Waals surface area contributed by atoms with E-state index in [9.17, 15) is 4.79 Å². The monoisotopic (exact) mass is 453 g/mol. The van der Waals surface area contributed by atoms with E-state index in [0.717, 1.165) is 26.8 Å². The van der Waals surface area contributed by atoms with E-state index in [1.165, 1.54) is 22.2 Å². The number of rotatable bonds is 5. The van der Waals surface area contributed by atoms with Gasteiger partial charge in [0, 0.05) is 35.0 Å². The van der Waals surface area contributed by atoms with Crippen LogP contribution >= 0.6 is 34.9 Å². The highest BCUT2D eigenvalue weighted by atomic mass is 32.2.